The largest absolute Gasteiger partial charge is 0.480 e. The van der Waals surface area contributed by atoms with Crippen LogP contribution >= 0.6 is 0 Å². The lowest BCUT2D eigenvalue weighted by atomic mass is 10.3. The van der Waals surface area contributed by atoms with Gasteiger partial charge in [-0.1, -0.05) is 0 Å². The lowest BCUT2D eigenvalue weighted by Gasteiger charge is -2.26. The van der Waals surface area contributed by atoms with E-state index in [1.165, 1.54) is 6.92 Å². The minimum Gasteiger partial charge on any atom is -0.480 e. The summed E-state index contributed by atoms with van der Waals surface area (Å²) in [4.78, 5) is 21.5. The summed E-state index contributed by atoms with van der Waals surface area (Å²) >= 11 is 0. The van der Waals surface area contributed by atoms with Gasteiger partial charge in [-0.05, 0) is 6.92 Å². The smallest absolute Gasteiger partial charge is 0.325 e. The zero-order valence-electron chi connectivity index (χ0n) is 8.06. The molecule has 1 fully saturated rings. The molecule has 0 aromatic carbocycles. The first-order chi connectivity index (χ1) is 6.80. The van der Waals surface area contributed by atoms with Gasteiger partial charge in [0.1, 0.15) is 6.04 Å². The number of carboxylic acid groups (broad SMARTS) is 1. The van der Waals surface area contributed by atoms with E-state index >= 15 is 0 Å². The van der Waals surface area contributed by atoms with E-state index in [2.05, 4.69) is 10.6 Å². The summed E-state index contributed by atoms with van der Waals surface area (Å²) in [5, 5.41) is 13.0. The van der Waals surface area contributed by atoms with E-state index < -0.39 is 33.9 Å². The van der Waals surface area contributed by atoms with Crippen LogP contribution in [0.1, 0.15) is 6.92 Å². The second kappa shape index (κ2) is 4.05. The molecule has 0 aromatic heterocycles. The van der Waals surface area contributed by atoms with Crippen LogP contribution in [0.25, 0.3) is 0 Å². The highest BCUT2D eigenvalue weighted by Gasteiger charge is 2.34. The normalized spacial score (nSPS) is 21.1. The number of amides is 2. The van der Waals surface area contributed by atoms with Crippen LogP contribution in [0.15, 0.2) is 0 Å². The predicted molar refractivity (Wildman–Crippen MR) is 51.2 cm³/mol. The minimum absolute atomic E-state index is 0.0815. The Bertz CT molecular complexity index is 365. The molecule has 0 saturated carbocycles. The molecule has 1 rings (SSSR count). The molecular formula is C7H12N2O5S. The molecule has 1 aliphatic heterocycles. The number of carbonyl (C=O) groups excluding carboxylic acids is 1. The molecule has 86 valence electrons. The molecule has 0 bridgehead atoms. The fraction of sp³-hybridized carbons (Fsp3) is 0.714. The first kappa shape index (κ1) is 11.8. The van der Waals surface area contributed by atoms with Crippen molar-refractivity contribution < 1.29 is 23.1 Å². The number of aliphatic carboxylic acids is 1. The molecular weight excluding hydrogens is 224 g/mol. The van der Waals surface area contributed by atoms with Crippen molar-refractivity contribution in [2.24, 2.45) is 0 Å². The highest BCUT2D eigenvalue weighted by molar-refractivity contribution is 7.92. The number of nitrogens with one attached hydrogen (secondary N) is 2. The van der Waals surface area contributed by atoms with E-state index in [4.69, 9.17) is 5.11 Å². The van der Waals surface area contributed by atoms with Crippen molar-refractivity contribution in [1.29, 1.82) is 0 Å². The van der Waals surface area contributed by atoms with Gasteiger partial charge in [-0.3, -0.25) is 4.79 Å². The van der Waals surface area contributed by atoms with Gasteiger partial charge in [0, 0.05) is 0 Å². The van der Waals surface area contributed by atoms with Crippen molar-refractivity contribution in [3.63, 3.8) is 0 Å². The summed E-state index contributed by atoms with van der Waals surface area (Å²) in [6.45, 7) is 1.32. The first-order valence-electron chi connectivity index (χ1n) is 4.30. The monoisotopic (exact) mass is 236 g/mol. The molecule has 1 heterocycles. The maximum Gasteiger partial charge on any atom is 0.325 e. The van der Waals surface area contributed by atoms with Crippen molar-refractivity contribution in [3.8, 4) is 0 Å². The molecule has 0 aliphatic carbocycles. The van der Waals surface area contributed by atoms with E-state index in [9.17, 15) is 18.0 Å². The third-order valence-electron chi connectivity index (χ3n) is 1.96. The molecule has 3 N–H and O–H groups in total. The molecule has 1 aliphatic rings. The van der Waals surface area contributed by atoms with E-state index in [0.717, 1.165) is 0 Å². The molecule has 0 unspecified atom stereocenters. The van der Waals surface area contributed by atoms with Crippen LogP contribution in [-0.4, -0.2) is 49.1 Å². The highest BCUT2D eigenvalue weighted by Crippen LogP contribution is 2.09. The van der Waals surface area contributed by atoms with Crippen molar-refractivity contribution in [3.05, 3.63) is 0 Å². The quantitative estimate of drug-likeness (QED) is 0.555. The average Bonchev–Trinajstić information content (AvgIpc) is 1.99. The molecule has 0 aromatic rings. The minimum atomic E-state index is -2.98. The summed E-state index contributed by atoms with van der Waals surface area (Å²) in [6, 6.07) is -2.07. The summed E-state index contributed by atoms with van der Waals surface area (Å²) in [5.41, 5.74) is 0. The number of carboxylic acids is 1. The maximum atomic E-state index is 11.1. The number of sulfone groups is 1. The van der Waals surface area contributed by atoms with Crippen LogP contribution in [-0.2, 0) is 14.6 Å². The Kier molecular flexibility index (Phi) is 3.18. The molecule has 8 heteroatoms. The Morgan fingerprint density at radius 2 is 1.93 bits per heavy atom. The summed E-state index contributed by atoms with van der Waals surface area (Å²) in [5.74, 6) is -1.31. The number of hydrogen-bond acceptors (Lipinski definition) is 4. The SMILES string of the molecule is C[C@@H](NC(=O)NC1CS(=O)(=O)C1)C(=O)O. The second-order valence-electron chi connectivity index (χ2n) is 3.45. The molecule has 0 spiro atoms. The van der Waals surface area contributed by atoms with Crippen LogP contribution in [0.3, 0.4) is 0 Å². The van der Waals surface area contributed by atoms with Gasteiger partial charge in [0.2, 0.25) is 0 Å². The Morgan fingerprint density at radius 1 is 1.40 bits per heavy atom. The summed E-state index contributed by atoms with van der Waals surface area (Å²) in [7, 11) is -2.98. The average molecular weight is 236 g/mol. The topological polar surface area (TPSA) is 113 Å². The van der Waals surface area contributed by atoms with Crippen molar-refractivity contribution in [1.82, 2.24) is 10.6 Å². The van der Waals surface area contributed by atoms with Gasteiger partial charge in [0.15, 0.2) is 9.84 Å². The van der Waals surface area contributed by atoms with Crippen molar-refractivity contribution >= 4 is 21.8 Å². The molecule has 7 nitrogen and oxygen atoms in total. The van der Waals surface area contributed by atoms with Gasteiger partial charge in [0.05, 0.1) is 17.5 Å². The van der Waals surface area contributed by atoms with Crippen LogP contribution in [0.2, 0.25) is 0 Å². The van der Waals surface area contributed by atoms with E-state index in [0.29, 0.717) is 0 Å². The third-order valence-corrected chi connectivity index (χ3v) is 3.78. The van der Waals surface area contributed by atoms with Gasteiger partial charge in [-0.15, -0.1) is 0 Å². The Labute approximate surface area is 86.8 Å². The second-order valence-corrected chi connectivity index (χ2v) is 5.61. The van der Waals surface area contributed by atoms with Crippen LogP contribution < -0.4 is 10.6 Å². The van der Waals surface area contributed by atoms with Crippen molar-refractivity contribution in [2.45, 2.75) is 19.0 Å². The zero-order valence-corrected chi connectivity index (χ0v) is 8.87. The van der Waals surface area contributed by atoms with E-state index in [-0.39, 0.29) is 11.5 Å². The van der Waals surface area contributed by atoms with Crippen molar-refractivity contribution in [2.75, 3.05) is 11.5 Å². The fourth-order valence-electron chi connectivity index (χ4n) is 1.13. The Hall–Kier alpha value is -1.31. The maximum absolute atomic E-state index is 11.1. The van der Waals surface area contributed by atoms with Crippen LogP contribution in [0.4, 0.5) is 4.79 Å². The standard InChI is InChI=1S/C7H12N2O5S/c1-4(6(10)11)8-7(12)9-5-2-15(13,14)3-5/h4-5H,2-3H2,1H3,(H,10,11)(H2,8,9,12)/t4-/m1/s1. The predicted octanol–water partition coefficient (Wildman–Crippen LogP) is -1.44. The van der Waals surface area contributed by atoms with Gasteiger partial charge in [0.25, 0.3) is 0 Å². The van der Waals surface area contributed by atoms with Gasteiger partial charge < -0.3 is 15.7 Å². The summed E-state index contributed by atoms with van der Waals surface area (Å²) < 4.78 is 21.5. The molecule has 0 radical (unpaired) electrons. The fourth-order valence-corrected chi connectivity index (χ4v) is 2.43. The van der Waals surface area contributed by atoms with E-state index in [1.807, 2.05) is 0 Å². The van der Waals surface area contributed by atoms with E-state index in [1.54, 1.807) is 0 Å². The Morgan fingerprint density at radius 3 is 2.33 bits per heavy atom. The first-order valence-corrected chi connectivity index (χ1v) is 6.12. The molecule has 2 amide bonds. The number of hydrogen-bond donors (Lipinski definition) is 3. The number of carbonyl (C=O) groups is 2. The van der Waals surface area contributed by atoms with Gasteiger partial charge in [-0.25, -0.2) is 13.2 Å². The lowest BCUT2D eigenvalue weighted by molar-refractivity contribution is -0.138. The summed E-state index contributed by atoms with van der Waals surface area (Å²) in [6.07, 6.45) is 0. The van der Waals surface area contributed by atoms with Gasteiger partial charge in [-0.2, -0.15) is 0 Å². The zero-order chi connectivity index (χ0) is 11.6. The Balaban J connectivity index is 2.29. The number of urea groups is 1. The lowest BCUT2D eigenvalue weighted by Crippen LogP contribution is -2.56. The number of rotatable bonds is 3. The van der Waals surface area contributed by atoms with Crippen LogP contribution in [0.5, 0.6) is 0 Å². The third kappa shape index (κ3) is 3.39. The highest BCUT2D eigenvalue weighted by atomic mass is 32.2. The van der Waals surface area contributed by atoms with Crippen LogP contribution in [0, 0.1) is 0 Å². The molecule has 1 saturated heterocycles. The molecule has 1 atom stereocenters. The molecule has 15 heavy (non-hydrogen) atoms. The van der Waals surface area contributed by atoms with Gasteiger partial charge >= 0.3 is 12.0 Å².